The first kappa shape index (κ1) is 8.96. The van der Waals surface area contributed by atoms with Crippen LogP contribution in [0.3, 0.4) is 0 Å². The number of benzene rings is 2. The summed E-state index contributed by atoms with van der Waals surface area (Å²) in [4.78, 5) is 0. The van der Waals surface area contributed by atoms with E-state index in [1.807, 2.05) is 0 Å². The maximum atomic E-state index is 2.37. The molecule has 3 rings (SSSR count). The second kappa shape index (κ2) is 2.85. The lowest BCUT2D eigenvalue weighted by Crippen LogP contribution is -2.12. The lowest BCUT2D eigenvalue weighted by atomic mass is 9.83. The van der Waals surface area contributed by atoms with E-state index in [2.05, 4.69) is 50.2 Å². The second-order valence-corrected chi connectivity index (χ2v) is 5.20. The molecule has 1 aliphatic carbocycles. The minimum atomic E-state index is 0.357. The summed E-state index contributed by atoms with van der Waals surface area (Å²) in [7, 11) is 0. The van der Waals surface area contributed by atoms with Crippen LogP contribution in [0.5, 0.6) is 0 Å². The van der Waals surface area contributed by atoms with Crippen molar-refractivity contribution in [3.63, 3.8) is 0 Å². The number of hydrogen-bond donors (Lipinski definition) is 0. The molecule has 0 unspecified atom stereocenters. The van der Waals surface area contributed by atoms with Gasteiger partial charge in [0.1, 0.15) is 0 Å². The van der Waals surface area contributed by atoms with Crippen LogP contribution in [0.1, 0.15) is 31.4 Å². The van der Waals surface area contributed by atoms with Gasteiger partial charge in [0.05, 0.1) is 0 Å². The van der Waals surface area contributed by atoms with Crippen molar-refractivity contribution in [3.8, 4) is 0 Å². The average Bonchev–Trinajstić information content (AvgIpc) is 2.55. The van der Waals surface area contributed by atoms with E-state index in [0.29, 0.717) is 5.41 Å². The Morgan fingerprint density at radius 3 is 2.67 bits per heavy atom. The summed E-state index contributed by atoms with van der Waals surface area (Å²) >= 11 is 0. The highest BCUT2D eigenvalue weighted by atomic mass is 14.3. The largest absolute Gasteiger partial charge is 0.0616 e. The number of aryl methyl sites for hydroxylation is 1. The Kier molecular flexibility index (Phi) is 1.70. The van der Waals surface area contributed by atoms with Gasteiger partial charge in [-0.25, -0.2) is 0 Å². The van der Waals surface area contributed by atoms with Gasteiger partial charge < -0.3 is 0 Å². The van der Waals surface area contributed by atoms with Crippen LogP contribution in [-0.4, -0.2) is 0 Å². The molecule has 0 heterocycles. The summed E-state index contributed by atoms with van der Waals surface area (Å²) in [6.45, 7) is 4.73. The summed E-state index contributed by atoms with van der Waals surface area (Å²) in [5.74, 6) is 0. The predicted octanol–water partition coefficient (Wildman–Crippen LogP) is 4.06. The standard InChI is InChI=1S/C15H16/c1-15(2)10-9-12-8-7-11-5-3-4-6-13(11)14(12)15/h3-8H,9-10H2,1-2H3. The molecule has 0 aromatic heterocycles. The Hall–Kier alpha value is -1.30. The van der Waals surface area contributed by atoms with E-state index in [-0.39, 0.29) is 0 Å². The Morgan fingerprint density at radius 1 is 1.00 bits per heavy atom. The monoisotopic (exact) mass is 196 g/mol. The molecule has 0 N–H and O–H groups in total. The van der Waals surface area contributed by atoms with Crippen LogP contribution < -0.4 is 0 Å². The smallest absolute Gasteiger partial charge is 0.00915 e. The topological polar surface area (TPSA) is 0 Å². The predicted molar refractivity (Wildman–Crippen MR) is 65.3 cm³/mol. The van der Waals surface area contributed by atoms with E-state index in [0.717, 1.165) is 0 Å². The van der Waals surface area contributed by atoms with Crippen molar-refractivity contribution in [3.05, 3.63) is 47.5 Å². The lowest BCUT2D eigenvalue weighted by molar-refractivity contribution is 0.526. The molecule has 0 saturated heterocycles. The average molecular weight is 196 g/mol. The van der Waals surface area contributed by atoms with Crippen LogP contribution in [0, 0.1) is 0 Å². The molecular formula is C15H16. The Labute approximate surface area is 90.9 Å². The number of hydrogen-bond acceptors (Lipinski definition) is 0. The highest BCUT2D eigenvalue weighted by Gasteiger charge is 2.30. The first-order valence-corrected chi connectivity index (χ1v) is 5.70. The highest BCUT2D eigenvalue weighted by Crippen LogP contribution is 2.42. The minimum absolute atomic E-state index is 0.357. The van der Waals surface area contributed by atoms with Crippen molar-refractivity contribution in [2.45, 2.75) is 32.1 Å². The molecule has 76 valence electrons. The summed E-state index contributed by atoms with van der Waals surface area (Å²) in [5.41, 5.74) is 3.50. The third kappa shape index (κ3) is 1.21. The number of rotatable bonds is 0. The summed E-state index contributed by atoms with van der Waals surface area (Å²) in [5, 5.41) is 2.84. The molecule has 0 atom stereocenters. The molecule has 0 spiro atoms. The minimum Gasteiger partial charge on any atom is -0.0616 e. The molecule has 2 aromatic carbocycles. The fraction of sp³-hybridized carbons (Fsp3) is 0.333. The zero-order chi connectivity index (χ0) is 10.5. The molecule has 0 radical (unpaired) electrons. The van der Waals surface area contributed by atoms with Crippen molar-refractivity contribution in [1.82, 2.24) is 0 Å². The maximum Gasteiger partial charge on any atom is -0.00915 e. The van der Waals surface area contributed by atoms with Gasteiger partial charge in [-0.1, -0.05) is 50.2 Å². The van der Waals surface area contributed by atoms with Crippen LogP contribution in [0.4, 0.5) is 0 Å². The first-order valence-electron chi connectivity index (χ1n) is 5.70. The molecule has 0 heteroatoms. The molecule has 0 fully saturated rings. The van der Waals surface area contributed by atoms with Gasteiger partial charge in [0.15, 0.2) is 0 Å². The van der Waals surface area contributed by atoms with E-state index in [4.69, 9.17) is 0 Å². The van der Waals surface area contributed by atoms with Crippen LogP contribution >= 0.6 is 0 Å². The van der Waals surface area contributed by atoms with Gasteiger partial charge in [-0.05, 0) is 40.2 Å². The van der Waals surface area contributed by atoms with Crippen LogP contribution in [0.2, 0.25) is 0 Å². The molecule has 0 aliphatic heterocycles. The van der Waals surface area contributed by atoms with Gasteiger partial charge in [-0.3, -0.25) is 0 Å². The molecular weight excluding hydrogens is 180 g/mol. The Bertz CT molecular complexity index is 521. The van der Waals surface area contributed by atoms with Crippen molar-refractivity contribution in [2.75, 3.05) is 0 Å². The molecule has 0 amide bonds. The number of fused-ring (bicyclic) bond motifs is 3. The Morgan fingerprint density at radius 2 is 1.80 bits per heavy atom. The quantitative estimate of drug-likeness (QED) is 0.596. The van der Waals surface area contributed by atoms with Crippen LogP contribution in [0.15, 0.2) is 36.4 Å². The molecule has 2 aromatic rings. The highest BCUT2D eigenvalue weighted by molar-refractivity contribution is 5.88. The Balaban J connectivity index is 2.43. The zero-order valence-corrected chi connectivity index (χ0v) is 9.38. The van der Waals surface area contributed by atoms with E-state index < -0.39 is 0 Å². The fourth-order valence-electron chi connectivity index (χ4n) is 2.90. The van der Waals surface area contributed by atoms with Gasteiger partial charge in [0, 0.05) is 0 Å². The third-order valence-corrected chi connectivity index (χ3v) is 3.71. The van der Waals surface area contributed by atoms with Gasteiger partial charge in [-0.2, -0.15) is 0 Å². The van der Waals surface area contributed by atoms with E-state index in [1.54, 1.807) is 11.1 Å². The summed E-state index contributed by atoms with van der Waals surface area (Å²) < 4.78 is 0. The summed E-state index contributed by atoms with van der Waals surface area (Å²) in [6, 6.07) is 13.3. The van der Waals surface area contributed by atoms with E-state index in [1.165, 1.54) is 23.6 Å². The van der Waals surface area contributed by atoms with Gasteiger partial charge in [-0.15, -0.1) is 0 Å². The van der Waals surface area contributed by atoms with Crippen LogP contribution in [-0.2, 0) is 11.8 Å². The van der Waals surface area contributed by atoms with Gasteiger partial charge in [0.25, 0.3) is 0 Å². The molecule has 0 bridgehead atoms. The maximum absolute atomic E-state index is 2.37. The van der Waals surface area contributed by atoms with Gasteiger partial charge in [0.2, 0.25) is 0 Å². The van der Waals surface area contributed by atoms with E-state index in [9.17, 15) is 0 Å². The van der Waals surface area contributed by atoms with Crippen LogP contribution in [0.25, 0.3) is 10.8 Å². The zero-order valence-electron chi connectivity index (χ0n) is 9.38. The normalized spacial score (nSPS) is 18.0. The molecule has 0 saturated carbocycles. The molecule has 0 nitrogen and oxygen atoms in total. The van der Waals surface area contributed by atoms with Crippen molar-refractivity contribution < 1.29 is 0 Å². The third-order valence-electron chi connectivity index (χ3n) is 3.71. The first-order chi connectivity index (χ1) is 7.18. The lowest BCUT2D eigenvalue weighted by Gasteiger charge is -2.20. The SMILES string of the molecule is CC1(C)CCc2ccc3ccccc3c21. The van der Waals surface area contributed by atoms with Gasteiger partial charge >= 0.3 is 0 Å². The second-order valence-electron chi connectivity index (χ2n) is 5.20. The summed E-state index contributed by atoms with van der Waals surface area (Å²) in [6.07, 6.45) is 2.53. The van der Waals surface area contributed by atoms with Crippen molar-refractivity contribution in [2.24, 2.45) is 0 Å². The molecule has 1 aliphatic rings. The van der Waals surface area contributed by atoms with Crippen molar-refractivity contribution >= 4 is 10.8 Å². The molecule has 15 heavy (non-hydrogen) atoms. The fourth-order valence-corrected chi connectivity index (χ4v) is 2.90. The van der Waals surface area contributed by atoms with Crippen molar-refractivity contribution in [1.29, 1.82) is 0 Å². The van der Waals surface area contributed by atoms with E-state index >= 15 is 0 Å².